The first-order valence-electron chi connectivity index (χ1n) is 3.71. The maximum Gasteiger partial charge on any atom is 0.0967 e. The minimum absolute atomic E-state index is 0.102. The van der Waals surface area contributed by atoms with Gasteiger partial charge in [0.05, 0.1) is 25.1 Å². The SMILES string of the molecule is COC1=CC(O)C[C@@H](OC)C1. The number of rotatable bonds is 2. The first kappa shape index (κ1) is 8.56. The number of hydrogen-bond acceptors (Lipinski definition) is 3. The van der Waals surface area contributed by atoms with Crippen molar-refractivity contribution in [3.05, 3.63) is 11.8 Å². The Labute approximate surface area is 66.6 Å². The topological polar surface area (TPSA) is 38.7 Å². The van der Waals surface area contributed by atoms with Gasteiger partial charge < -0.3 is 14.6 Å². The van der Waals surface area contributed by atoms with E-state index in [4.69, 9.17) is 9.47 Å². The molecule has 64 valence electrons. The summed E-state index contributed by atoms with van der Waals surface area (Å²) in [6.45, 7) is 0. The van der Waals surface area contributed by atoms with E-state index in [1.165, 1.54) is 0 Å². The van der Waals surface area contributed by atoms with E-state index in [0.29, 0.717) is 6.42 Å². The van der Waals surface area contributed by atoms with E-state index in [2.05, 4.69) is 0 Å². The zero-order valence-corrected chi connectivity index (χ0v) is 6.91. The van der Waals surface area contributed by atoms with Gasteiger partial charge in [0, 0.05) is 20.0 Å². The molecular weight excluding hydrogens is 144 g/mol. The smallest absolute Gasteiger partial charge is 0.0967 e. The lowest BCUT2D eigenvalue weighted by molar-refractivity contribution is 0.0373. The molecular formula is C8H14O3. The van der Waals surface area contributed by atoms with Crippen molar-refractivity contribution in [2.24, 2.45) is 0 Å². The molecule has 3 nitrogen and oxygen atoms in total. The van der Waals surface area contributed by atoms with Crippen LogP contribution in [0.3, 0.4) is 0 Å². The zero-order valence-electron chi connectivity index (χ0n) is 6.91. The second-order valence-corrected chi connectivity index (χ2v) is 2.70. The molecule has 0 bridgehead atoms. The van der Waals surface area contributed by atoms with Crippen LogP contribution in [0.1, 0.15) is 12.8 Å². The molecule has 3 heteroatoms. The summed E-state index contributed by atoms with van der Waals surface area (Å²) in [5.74, 6) is 0.815. The Morgan fingerprint density at radius 1 is 1.55 bits per heavy atom. The molecule has 0 spiro atoms. The molecule has 2 atom stereocenters. The third-order valence-electron chi connectivity index (χ3n) is 1.91. The molecule has 0 saturated carbocycles. The van der Waals surface area contributed by atoms with Crippen molar-refractivity contribution in [3.63, 3.8) is 0 Å². The first-order chi connectivity index (χ1) is 5.26. The summed E-state index contributed by atoms with van der Waals surface area (Å²) in [6.07, 6.45) is 2.86. The number of aliphatic hydroxyl groups is 1. The average molecular weight is 158 g/mol. The second kappa shape index (κ2) is 3.74. The van der Waals surface area contributed by atoms with Gasteiger partial charge in [-0.05, 0) is 6.08 Å². The van der Waals surface area contributed by atoms with Crippen LogP contribution in [0.15, 0.2) is 11.8 Å². The Hall–Kier alpha value is -0.540. The highest BCUT2D eigenvalue weighted by atomic mass is 16.5. The minimum Gasteiger partial charge on any atom is -0.501 e. The van der Waals surface area contributed by atoms with Gasteiger partial charge in [0.1, 0.15) is 0 Å². The van der Waals surface area contributed by atoms with Crippen molar-refractivity contribution in [2.75, 3.05) is 14.2 Å². The number of methoxy groups -OCH3 is 2. The quantitative estimate of drug-likeness (QED) is 0.642. The lowest BCUT2D eigenvalue weighted by Gasteiger charge is -2.23. The van der Waals surface area contributed by atoms with Crippen LogP contribution in [0.2, 0.25) is 0 Å². The predicted molar refractivity (Wildman–Crippen MR) is 41.1 cm³/mol. The third-order valence-corrected chi connectivity index (χ3v) is 1.91. The van der Waals surface area contributed by atoms with E-state index in [9.17, 15) is 5.11 Å². The average Bonchev–Trinajstić information content (AvgIpc) is 2.03. The summed E-state index contributed by atoms with van der Waals surface area (Å²) in [7, 11) is 3.26. The molecule has 0 radical (unpaired) electrons. The normalized spacial score (nSPS) is 31.4. The summed E-state index contributed by atoms with van der Waals surface area (Å²) in [4.78, 5) is 0. The molecule has 0 aromatic rings. The van der Waals surface area contributed by atoms with E-state index in [1.54, 1.807) is 20.3 Å². The van der Waals surface area contributed by atoms with Crippen LogP contribution < -0.4 is 0 Å². The molecule has 0 aliphatic heterocycles. The zero-order chi connectivity index (χ0) is 8.27. The lowest BCUT2D eigenvalue weighted by Crippen LogP contribution is -2.24. The minimum atomic E-state index is -0.413. The molecule has 0 saturated heterocycles. The molecule has 11 heavy (non-hydrogen) atoms. The van der Waals surface area contributed by atoms with Crippen LogP contribution in [0.4, 0.5) is 0 Å². The van der Waals surface area contributed by atoms with Gasteiger partial charge in [-0.15, -0.1) is 0 Å². The van der Waals surface area contributed by atoms with E-state index in [-0.39, 0.29) is 6.10 Å². The van der Waals surface area contributed by atoms with Crippen LogP contribution in [0.5, 0.6) is 0 Å². The molecule has 0 fully saturated rings. The van der Waals surface area contributed by atoms with Crippen molar-refractivity contribution in [1.82, 2.24) is 0 Å². The molecule has 0 aromatic heterocycles. The summed E-state index contributed by atoms with van der Waals surface area (Å²) >= 11 is 0. The number of aliphatic hydroxyl groups excluding tert-OH is 1. The van der Waals surface area contributed by atoms with Crippen LogP contribution >= 0.6 is 0 Å². The lowest BCUT2D eigenvalue weighted by atomic mass is 10.0. The molecule has 1 aliphatic rings. The number of ether oxygens (including phenoxy) is 2. The Kier molecular flexibility index (Phi) is 2.91. The van der Waals surface area contributed by atoms with Gasteiger partial charge in [0.2, 0.25) is 0 Å². The fraction of sp³-hybridized carbons (Fsp3) is 0.750. The first-order valence-corrected chi connectivity index (χ1v) is 3.71. The molecule has 1 aliphatic carbocycles. The van der Waals surface area contributed by atoms with Crippen molar-refractivity contribution in [2.45, 2.75) is 25.0 Å². The van der Waals surface area contributed by atoms with Crippen LogP contribution in [-0.4, -0.2) is 31.5 Å². The van der Waals surface area contributed by atoms with Gasteiger partial charge in [-0.3, -0.25) is 0 Å². The van der Waals surface area contributed by atoms with Crippen molar-refractivity contribution in [3.8, 4) is 0 Å². The van der Waals surface area contributed by atoms with Gasteiger partial charge in [-0.1, -0.05) is 0 Å². The Morgan fingerprint density at radius 3 is 2.82 bits per heavy atom. The van der Waals surface area contributed by atoms with Gasteiger partial charge in [0.15, 0.2) is 0 Å². The van der Waals surface area contributed by atoms with E-state index in [0.717, 1.165) is 12.2 Å². The molecule has 0 amide bonds. The van der Waals surface area contributed by atoms with Crippen molar-refractivity contribution < 1.29 is 14.6 Å². The van der Waals surface area contributed by atoms with Gasteiger partial charge >= 0.3 is 0 Å². The van der Waals surface area contributed by atoms with E-state index in [1.807, 2.05) is 0 Å². The number of hydrogen-bond donors (Lipinski definition) is 1. The summed E-state index contributed by atoms with van der Waals surface area (Å²) in [6, 6.07) is 0. The second-order valence-electron chi connectivity index (χ2n) is 2.70. The molecule has 0 heterocycles. The van der Waals surface area contributed by atoms with Crippen molar-refractivity contribution >= 4 is 0 Å². The maximum absolute atomic E-state index is 9.28. The van der Waals surface area contributed by atoms with Gasteiger partial charge in [-0.25, -0.2) is 0 Å². The standard InChI is InChI=1S/C8H14O3/c1-10-7-3-6(9)4-8(5-7)11-2/h3,6,8-9H,4-5H2,1-2H3/t6?,8-/m1/s1. The Bertz CT molecular complexity index is 153. The highest BCUT2D eigenvalue weighted by molar-refractivity contribution is 5.04. The van der Waals surface area contributed by atoms with Gasteiger partial charge in [0.25, 0.3) is 0 Å². The highest BCUT2D eigenvalue weighted by Gasteiger charge is 2.20. The highest BCUT2D eigenvalue weighted by Crippen LogP contribution is 2.20. The molecule has 1 rings (SSSR count). The van der Waals surface area contributed by atoms with Crippen molar-refractivity contribution in [1.29, 1.82) is 0 Å². The van der Waals surface area contributed by atoms with E-state index < -0.39 is 6.10 Å². The Morgan fingerprint density at radius 2 is 2.27 bits per heavy atom. The van der Waals surface area contributed by atoms with E-state index >= 15 is 0 Å². The summed E-state index contributed by atoms with van der Waals surface area (Å²) in [5, 5.41) is 9.28. The molecule has 1 N–H and O–H groups in total. The largest absolute Gasteiger partial charge is 0.501 e. The Balaban J connectivity index is 2.54. The fourth-order valence-electron chi connectivity index (χ4n) is 1.26. The fourth-order valence-corrected chi connectivity index (χ4v) is 1.26. The summed E-state index contributed by atoms with van der Waals surface area (Å²) in [5.41, 5.74) is 0. The summed E-state index contributed by atoms with van der Waals surface area (Å²) < 4.78 is 10.1. The van der Waals surface area contributed by atoms with Crippen LogP contribution in [-0.2, 0) is 9.47 Å². The molecule has 0 aromatic carbocycles. The van der Waals surface area contributed by atoms with Gasteiger partial charge in [-0.2, -0.15) is 0 Å². The van der Waals surface area contributed by atoms with Crippen LogP contribution in [0, 0.1) is 0 Å². The predicted octanol–water partition coefficient (Wildman–Crippen LogP) is 0.686. The third kappa shape index (κ3) is 2.20. The maximum atomic E-state index is 9.28. The van der Waals surface area contributed by atoms with Crippen LogP contribution in [0.25, 0.3) is 0 Å². The monoisotopic (exact) mass is 158 g/mol. The molecule has 1 unspecified atom stereocenters.